The van der Waals surface area contributed by atoms with E-state index in [4.69, 9.17) is 9.15 Å². The van der Waals surface area contributed by atoms with Crippen molar-refractivity contribution in [1.29, 1.82) is 0 Å². The van der Waals surface area contributed by atoms with Crippen LogP contribution in [0.4, 0.5) is 0 Å². The Morgan fingerprint density at radius 1 is 1.17 bits per heavy atom. The molecule has 1 atom stereocenters. The third-order valence-electron chi connectivity index (χ3n) is 7.52. The van der Waals surface area contributed by atoms with Crippen molar-refractivity contribution in [3.05, 3.63) is 82.9 Å². The summed E-state index contributed by atoms with van der Waals surface area (Å²) >= 11 is 0. The zero-order valence-electron chi connectivity index (χ0n) is 21.0. The van der Waals surface area contributed by atoms with Crippen molar-refractivity contribution in [2.24, 2.45) is 0 Å². The predicted octanol–water partition coefficient (Wildman–Crippen LogP) is 5.58. The van der Waals surface area contributed by atoms with Gasteiger partial charge in [-0.1, -0.05) is 12.1 Å². The van der Waals surface area contributed by atoms with Gasteiger partial charge in [-0.05, 0) is 99.7 Å². The second-order valence-corrected chi connectivity index (χ2v) is 10.2. The molecule has 2 aromatic heterocycles. The number of aryl methyl sites for hydroxylation is 3. The van der Waals surface area contributed by atoms with Crippen LogP contribution in [0.1, 0.15) is 52.3 Å². The van der Waals surface area contributed by atoms with Crippen molar-refractivity contribution in [2.45, 2.75) is 51.6 Å². The molecule has 4 aromatic rings. The third kappa shape index (κ3) is 4.16. The van der Waals surface area contributed by atoms with E-state index < -0.39 is 5.54 Å². The number of pyridine rings is 1. The summed E-state index contributed by atoms with van der Waals surface area (Å²) in [6.45, 7) is 7.58. The Labute approximate surface area is 211 Å². The van der Waals surface area contributed by atoms with E-state index in [0.717, 1.165) is 76.2 Å². The lowest BCUT2D eigenvalue weighted by Crippen LogP contribution is -2.46. The highest BCUT2D eigenvalue weighted by Crippen LogP contribution is 2.49. The Kier molecular flexibility index (Phi) is 5.56. The summed E-state index contributed by atoms with van der Waals surface area (Å²) in [7, 11) is 0. The number of nitrogens with one attached hydrogen (secondary N) is 2. The molecule has 184 valence electrons. The summed E-state index contributed by atoms with van der Waals surface area (Å²) in [5.74, 6) is 2.42. The number of amides is 1. The van der Waals surface area contributed by atoms with Crippen LogP contribution in [-0.4, -0.2) is 30.1 Å². The first-order valence-electron chi connectivity index (χ1n) is 12.7. The lowest BCUT2D eigenvalue weighted by atomic mass is 9.93. The van der Waals surface area contributed by atoms with E-state index in [0.29, 0.717) is 18.2 Å². The van der Waals surface area contributed by atoms with Gasteiger partial charge in [0.2, 0.25) is 0 Å². The minimum Gasteiger partial charge on any atom is -0.492 e. The van der Waals surface area contributed by atoms with Gasteiger partial charge in [0.05, 0.1) is 11.1 Å². The molecular formula is C30H31N3O3. The van der Waals surface area contributed by atoms with Gasteiger partial charge in [-0.25, -0.2) is 0 Å². The van der Waals surface area contributed by atoms with Crippen molar-refractivity contribution < 1.29 is 13.9 Å². The number of furan rings is 1. The fourth-order valence-corrected chi connectivity index (χ4v) is 5.15. The smallest absolute Gasteiger partial charge is 0.252 e. The molecule has 1 aliphatic heterocycles. The first-order valence-corrected chi connectivity index (χ1v) is 12.7. The van der Waals surface area contributed by atoms with Gasteiger partial charge < -0.3 is 19.8 Å². The Morgan fingerprint density at radius 3 is 2.69 bits per heavy atom. The van der Waals surface area contributed by atoms with Crippen molar-refractivity contribution in [3.8, 4) is 16.9 Å². The number of nitrogens with zero attached hydrogens (tertiary/aromatic N) is 1. The monoisotopic (exact) mass is 481 g/mol. The Balaban J connectivity index is 1.33. The zero-order valence-corrected chi connectivity index (χ0v) is 21.0. The van der Waals surface area contributed by atoms with Gasteiger partial charge >= 0.3 is 0 Å². The maximum atomic E-state index is 13.6. The molecule has 0 bridgehead atoms. The SMILES string of the molecule is Cc1cc(-c2cc(C3(NC(=O)c4cc(OCC5CCN5)ccc4C)CC3)c3cccnc3c2)c(C)o1. The maximum Gasteiger partial charge on any atom is 0.252 e. The van der Waals surface area contributed by atoms with Crippen LogP contribution in [-0.2, 0) is 5.54 Å². The van der Waals surface area contributed by atoms with E-state index >= 15 is 0 Å². The number of carbonyl (C=O) groups is 1. The maximum absolute atomic E-state index is 13.6. The highest BCUT2D eigenvalue weighted by Gasteiger charge is 2.47. The molecule has 2 fully saturated rings. The number of aromatic nitrogens is 1. The summed E-state index contributed by atoms with van der Waals surface area (Å²) in [5, 5.41) is 7.80. The van der Waals surface area contributed by atoms with Crippen LogP contribution in [0.2, 0.25) is 0 Å². The third-order valence-corrected chi connectivity index (χ3v) is 7.52. The molecule has 2 aliphatic rings. The van der Waals surface area contributed by atoms with Gasteiger partial charge in [0, 0.05) is 28.8 Å². The number of ether oxygens (including phenoxy) is 1. The number of rotatable bonds is 7. The van der Waals surface area contributed by atoms with Gasteiger partial charge in [0.25, 0.3) is 5.91 Å². The average Bonchev–Trinajstić information content (AvgIpc) is 3.53. The molecule has 36 heavy (non-hydrogen) atoms. The minimum absolute atomic E-state index is 0.0741. The van der Waals surface area contributed by atoms with E-state index in [1.807, 2.05) is 51.2 Å². The van der Waals surface area contributed by atoms with Crippen LogP contribution in [0.15, 0.2) is 59.1 Å². The van der Waals surface area contributed by atoms with Gasteiger partial charge in [0.15, 0.2) is 0 Å². The predicted molar refractivity (Wildman–Crippen MR) is 140 cm³/mol. The molecule has 1 saturated heterocycles. The fraction of sp³-hybridized carbons (Fsp3) is 0.333. The topological polar surface area (TPSA) is 76.4 Å². The molecular weight excluding hydrogens is 450 g/mol. The summed E-state index contributed by atoms with van der Waals surface area (Å²) in [4.78, 5) is 18.2. The molecule has 0 spiro atoms. The summed E-state index contributed by atoms with van der Waals surface area (Å²) in [6, 6.07) is 16.6. The molecule has 1 unspecified atom stereocenters. The van der Waals surface area contributed by atoms with Gasteiger partial charge in [-0.3, -0.25) is 9.78 Å². The normalized spacial score (nSPS) is 18.0. The second kappa shape index (κ2) is 8.79. The average molecular weight is 482 g/mol. The fourth-order valence-electron chi connectivity index (χ4n) is 5.15. The Morgan fingerprint density at radius 2 is 2.00 bits per heavy atom. The Hall–Kier alpha value is -3.64. The standard InChI is InChI=1S/C30H31N3O3/c1-18-6-7-23(35-17-22-8-12-31-22)16-25(18)29(34)33-30(9-10-30)27-14-21(26-13-19(2)36-20(26)3)15-28-24(27)5-4-11-32-28/h4-7,11,13-16,22,31H,8-10,12,17H2,1-3H3,(H,33,34). The van der Waals surface area contributed by atoms with Crippen molar-refractivity contribution in [1.82, 2.24) is 15.6 Å². The largest absolute Gasteiger partial charge is 0.492 e. The molecule has 6 heteroatoms. The lowest BCUT2D eigenvalue weighted by Gasteiger charge is -2.27. The van der Waals surface area contributed by atoms with Crippen LogP contribution >= 0.6 is 0 Å². The molecule has 1 aliphatic carbocycles. The van der Waals surface area contributed by atoms with Crippen LogP contribution in [0.3, 0.4) is 0 Å². The summed E-state index contributed by atoms with van der Waals surface area (Å²) < 4.78 is 11.8. The van der Waals surface area contributed by atoms with E-state index in [-0.39, 0.29) is 5.91 Å². The van der Waals surface area contributed by atoms with Crippen molar-refractivity contribution in [2.75, 3.05) is 13.2 Å². The highest BCUT2D eigenvalue weighted by molar-refractivity contribution is 5.98. The van der Waals surface area contributed by atoms with Gasteiger partial charge in [-0.15, -0.1) is 0 Å². The summed E-state index contributed by atoms with van der Waals surface area (Å²) in [6.07, 6.45) is 4.72. The molecule has 6 rings (SSSR count). The van der Waals surface area contributed by atoms with Crippen LogP contribution in [0.5, 0.6) is 5.75 Å². The highest BCUT2D eigenvalue weighted by atomic mass is 16.5. The molecule has 1 amide bonds. The van der Waals surface area contributed by atoms with E-state index in [9.17, 15) is 4.79 Å². The molecule has 2 aromatic carbocycles. The first kappa shape index (κ1) is 22.8. The van der Waals surface area contributed by atoms with Crippen LogP contribution < -0.4 is 15.4 Å². The van der Waals surface area contributed by atoms with E-state index in [1.54, 1.807) is 0 Å². The number of fused-ring (bicyclic) bond motifs is 1. The number of hydrogen-bond donors (Lipinski definition) is 2. The van der Waals surface area contributed by atoms with Crippen LogP contribution in [0.25, 0.3) is 22.0 Å². The Bertz CT molecular complexity index is 1460. The zero-order chi connectivity index (χ0) is 24.9. The lowest BCUT2D eigenvalue weighted by molar-refractivity contribution is 0.0930. The minimum atomic E-state index is -0.416. The van der Waals surface area contributed by atoms with E-state index in [2.05, 4.69) is 39.9 Å². The molecule has 0 radical (unpaired) electrons. The number of carbonyl (C=O) groups excluding carboxylic acids is 1. The number of benzene rings is 2. The molecule has 2 N–H and O–H groups in total. The van der Waals surface area contributed by atoms with Crippen molar-refractivity contribution in [3.63, 3.8) is 0 Å². The molecule has 3 heterocycles. The summed E-state index contributed by atoms with van der Waals surface area (Å²) in [5.41, 5.74) is 5.31. The van der Waals surface area contributed by atoms with Gasteiger partial charge in [0.1, 0.15) is 23.9 Å². The van der Waals surface area contributed by atoms with Crippen molar-refractivity contribution >= 4 is 16.8 Å². The number of hydrogen-bond acceptors (Lipinski definition) is 5. The first-order chi connectivity index (χ1) is 17.4. The molecule has 6 nitrogen and oxygen atoms in total. The van der Waals surface area contributed by atoms with Gasteiger partial charge in [-0.2, -0.15) is 0 Å². The van der Waals surface area contributed by atoms with E-state index in [1.165, 1.54) is 0 Å². The quantitative estimate of drug-likeness (QED) is 0.360. The van der Waals surface area contributed by atoms with Crippen LogP contribution in [0, 0.1) is 20.8 Å². The second-order valence-electron chi connectivity index (χ2n) is 10.2. The molecule has 1 saturated carbocycles.